The average molecular weight is 955 g/mol. The number of benzene rings is 2. The second-order valence-corrected chi connectivity index (χ2v) is 20.5. The SMILES string of the molecule is Cc1cc(-c2nnc(SCCCN3CC[C@@]4(C[C@H]4c4ccc(C(F)(F)F)cc4)C3)n2C)on1.Cc1cc(-c2nnc(SCCCN3CC[C@]4(C[C@@H]4c4ccc(C(F)(F)F)cc4)C3)n2C)on1. The van der Waals surface area contributed by atoms with E-state index in [-0.39, 0.29) is 10.8 Å². The van der Waals surface area contributed by atoms with E-state index in [0.717, 1.165) is 122 Å². The van der Waals surface area contributed by atoms with E-state index in [4.69, 9.17) is 9.05 Å². The number of likely N-dealkylation sites (tertiary alicyclic amines) is 2. The lowest BCUT2D eigenvalue weighted by atomic mass is 9.97. The maximum absolute atomic E-state index is 12.8. The Kier molecular flexibility index (Phi) is 13.0. The van der Waals surface area contributed by atoms with Crippen LogP contribution in [0.2, 0.25) is 0 Å². The van der Waals surface area contributed by atoms with Crippen molar-refractivity contribution in [3.8, 4) is 23.2 Å². The third-order valence-electron chi connectivity index (χ3n) is 13.7. The molecule has 0 N–H and O–H groups in total. The number of nitrogens with zero attached hydrogens (tertiary/aromatic N) is 10. The molecule has 4 atom stereocenters. The third-order valence-corrected chi connectivity index (χ3v) is 15.9. The average Bonchev–Trinajstić information content (AvgIpc) is 3.65. The van der Waals surface area contributed by atoms with Gasteiger partial charge in [0.15, 0.2) is 10.3 Å². The Hall–Kier alpha value is -4.66. The molecule has 2 aromatic carbocycles. The van der Waals surface area contributed by atoms with E-state index < -0.39 is 23.5 Å². The number of alkyl halides is 6. The quantitative estimate of drug-likeness (QED) is 0.0587. The van der Waals surface area contributed by atoms with Crippen LogP contribution in [-0.2, 0) is 26.4 Å². The fraction of sp³-hybridized carbons (Fsp3) is 0.522. The zero-order chi connectivity index (χ0) is 46.4. The van der Waals surface area contributed by atoms with E-state index >= 15 is 0 Å². The van der Waals surface area contributed by atoms with Gasteiger partial charge >= 0.3 is 12.4 Å². The highest BCUT2D eigenvalue weighted by atomic mass is 32.2. The summed E-state index contributed by atoms with van der Waals surface area (Å²) in [6, 6.07) is 15.2. The number of thioether (sulfide) groups is 2. The van der Waals surface area contributed by atoms with Gasteiger partial charge in [-0.15, -0.1) is 20.4 Å². The van der Waals surface area contributed by atoms with Crippen LogP contribution in [0.15, 0.2) is 80.0 Å². The molecule has 6 heterocycles. The summed E-state index contributed by atoms with van der Waals surface area (Å²) in [5.74, 6) is 5.21. The Bertz CT molecular complexity index is 2430. The highest BCUT2D eigenvalue weighted by Gasteiger charge is 2.58. The summed E-state index contributed by atoms with van der Waals surface area (Å²) in [7, 11) is 3.85. The van der Waals surface area contributed by atoms with Gasteiger partial charge in [-0.3, -0.25) is 0 Å². The highest BCUT2D eigenvalue weighted by molar-refractivity contribution is 7.99. The third kappa shape index (κ3) is 10.1. The van der Waals surface area contributed by atoms with Gasteiger partial charge in [0.2, 0.25) is 23.2 Å². The van der Waals surface area contributed by atoms with Gasteiger partial charge in [0, 0.05) is 50.8 Å². The predicted molar refractivity (Wildman–Crippen MR) is 238 cm³/mol. The molecule has 2 aliphatic heterocycles. The van der Waals surface area contributed by atoms with Crippen LogP contribution in [0, 0.1) is 24.7 Å². The largest absolute Gasteiger partial charge is 0.416 e. The Morgan fingerprint density at radius 2 is 1.00 bits per heavy atom. The first-order valence-corrected chi connectivity index (χ1v) is 24.2. The smallest absolute Gasteiger partial charge is 0.353 e. The first-order chi connectivity index (χ1) is 31.5. The van der Waals surface area contributed by atoms with Crippen molar-refractivity contribution in [2.45, 2.75) is 86.9 Å². The monoisotopic (exact) mass is 954 g/mol. The maximum Gasteiger partial charge on any atom is 0.416 e. The van der Waals surface area contributed by atoms with E-state index in [9.17, 15) is 26.3 Å². The summed E-state index contributed by atoms with van der Waals surface area (Å²) < 4.78 is 91.3. The van der Waals surface area contributed by atoms with Crippen molar-refractivity contribution in [1.82, 2.24) is 49.6 Å². The minimum atomic E-state index is -4.27. The predicted octanol–water partition coefficient (Wildman–Crippen LogP) is 10.3. The molecule has 2 spiro atoms. The number of aryl methyl sites for hydroxylation is 2. The second-order valence-electron chi connectivity index (χ2n) is 18.3. The fourth-order valence-electron chi connectivity index (χ4n) is 9.85. The summed E-state index contributed by atoms with van der Waals surface area (Å²) in [6.07, 6.45) is -2.08. The van der Waals surface area contributed by atoms with Crippen molar-refractivity contribution in [2.75, 3.05) is 50.8 Å². The molecule has 4 aliphatic rings. The summed E-state index contributed by atoms with van der Waals surface area (Å²) in [5, 5.41) is 26.5. The Morgan fingerprint density at radius 1 is 0.606 bits per heavy atom. The Labute approximate surface area is 387 Å². The molecule has 2 aliphatic carbocycles. The standard InChI is InChI=1S/2C23H26F3N5OS/c2*1-15-12-19(32-29-15)20-27-28-21(30(20)2)33-11-3-9-31-10-8-22(14-31)13-18(22)16-4-6-17(7-5-16)23(24,25)26/h2*4-7,12,18H,3,8-11,13-14H2,1-2H3/t2*18-,22+/m10/s1. The molecule has 2 saturated heterocycles. The fourth-order valence-corrected chi connectivity index (χ4v) is 11.5. The first-order valence-electron chi connectivity index (χ1n) is 22.2. The molecular formula is C46H52F6N10O2S2. The van der Waals surface area contributed by atoms with Crippen LogP contribution in [0.5, 0.6) is 0 Å². The number of hydrogen-bond acceptors (Lipinski definition) is 12. The molecule has 2 saturated carbocycles. The molecule has 10 rings (SSSR count). The molecule has 0 amide bonds. The summed E-state index contributed by atoms with van der Waals surface area (Å²) >= 11 is 3.36. The van der Waals surface area contributed by atoms with Crippen molar-refractivity contribution in [2.24, 2.45) is 24.9 Å². The van der Waals surface area contributed by atoms with Gasteiger partial charge in [-0.1, -0.05) is 58.1 Å². The molecular weight excluding hydrogens is 903 g/mol. The molecule has 0 bridgehead atoms. The van der Waals surface area contributed by atoms with Crippen LogP contribution in [0.25, 0.3) is 23.2 Å². The first kappa shape index (κ1) is 46.5. The van der Waals surface area contributed by atoms with Gasteiger partial charge < -0.3 is 28.0 Å². The highest BCUT2D eigenvalue weighted by Crippen LogP contribution is 2.65. The number of aromatic nitrogens is 8. The number of rotatable bonds is 14. The van der Waals surface area contributed by atoms with Gasteiger partial charge in [0.1, 0.15) is 0 Å². The molecule has 0 unspecified atom stereocenters. The van der Waals surface area contributed by atoms with Crippen LogP contribution in [0.4, 0.5) is 26.3 Å². The molecule has 66 heavy (non-hydrogen) atoms. The van der Waals surface area contributed by atoms with Crippen molar-refractivity contribution >= 4 is 23.5 Å². The number of halogens is 6. The lowest BCUT2D eigenvalue weighted by molar-refractivity contribution is -0.138. The molecule has 4 fully saturated rings. The Balaban J connectivity index is 0.000000166. The summed E-state index contributed by atoms with van der Waals surface area (Å²) in [5.41, 5.74) is 3.06. The lowest BCUT2D eigenvalue weighted by Crippen LogP contribution is -2.23. The van der Waals surface area contributed by atoms with Crippen molar-refractivity contribution in [3.05, 3.63) is 94.3 Å². The van der Waals surface area contributed by atoms with Crippen LogP contribution >= 0.6 is 23.5 Å². The minimum absolute atomic E-state index is 0.251. The number of hydrogen-bond donors (Lipinski definition) is 0. The summed E-state index contributed by atoms with van der Waals surface area (Å²) in [4.78, 5) is 4.98. The van der Waals surface area contributed by atoms with E-state index in [1.54, 1.807) is 47.8 Å². The topological polar surface area (TPSA) is 120 Å². The van der Waals surface area contributed by atoms with Crippen LogP contribution < -0.4 is 0 Å². The van der Waals surface area contributed by atoms with E-state index in [0.29, 0.717) is 35.0 Å². The molecule has 6 aromatic rings. The van der Waals surface area contributed by atoms with Crippen molar-refractivity contribution in [1.29, 1.82) is 0 Å². The van der Waals surface area contributed by atoms with Gasteiger partial charge in [-0.25, -0.2) is 0 Å². The van der Waals surface area contributed by atoms with Gasteiger partial charge in [0.05, 0.1) is 22.5 Å². The zero-order valence-corrected chi connectivity index (χ0v) is 38.8. The van der Waals surface area contributed by atoms with Crippen molar-refractivity contribution in [3.63, 3.8) is 0 Å². The zero-order valence-electron chi connectivity index (χ0n) is 37.2. The normalized spacial score (nSPS) is 23.0. The summed E-state index contributed by atoms with van der Waals surface area (Å²) in [6.45, 7) is 9.94. The maximum atomic E-state index is 12.8. The van der Waals surface area contributed by atoms with Crippen LogP contribution in [0.3, 0.4) is 0 Å². The van der Waals surface area contributed by atoms with Crippen molar-refractivity contribution < 1.29 is 35.4 Å². The lowest BCUT2D eigenvalue weighted by Gasteiger charge is -2.16. The molecule has 12 nitrogen and oxygen atoms in total. The molecule has 352 valence electrons. The van der Waals surface area contributed by atoms with E-state index in [2.05, 4.69) is 40.5 Å². The van der Waals surface area contributed by atoms with E-state index in [1.807, 2.05) is 49.2 Å². The van der Waals surface area contributed by atoms with Gasteiger partial charge in [0.25, 0.3) is 0 Å². The van der Waals surface area contributed by atoms with E-state index in [1.165, 1.54) is 24.3 Å². The molecule has 20 heteroatoms. The second kappa shape index (κ2) is 18.4. The van der Waals surface area contributed by atoms with Crippen LogP contribution in [0.1, 0.15) is 84.0 Å². The molecule has 4 aromatic heterocycles. The minimum Gasteiger partial charge on any atom is -0.353 e. The van der Waals surface area contributed by atoms with Crippen LogP contribution in [-0.4, -0.2) is 100 Å². The molecule has 0 radical (unpaired) electrons. The van der Waals surface area contributed by atoms with Gasteiger partial charge in [-0.2, -0.15) is 26.3 Å². The van der Waals surface area contributed by atoms with Gasteiger partial charge in [-0.05, 0) is 137 Å². The Morgan fingerprint density at radius 3 is 1.35 bits per heavy atom.